The zero-order valence-corrected chi connectivity index (χ0v) is 12.8. The second-order valence-corrected chi connectivity index (χ2v) is 4.86. The quantitative estimate of drug-likeness (QED) is 0.644. The Morgan fingerprint density at radius 2 is 2.17 bits per heavy atom. The first-order valence-corrected chi connectivity index (χ1v) is 6.76. The normalized spacial score (nSPS) is 10.7. The number of anilines is 1. The number of hydrogen-bond donors (Lipinski definition) is 1. The molecule has 0 saturated carbocycles. The van der Waals surface area contributed by atoms with Gasteiger partial charge in [-0.1, -0.05) is 0 Å². The molecule has 2 rings (SSSR count). The van der Waals surface area contributed by atoms with Gasteiger partial charge in [-0.05, 0) is 19.1 Å². The van der Waals surface area contributed by atoms with Gasteiger partial charge in [0.05, 0.1) is 29.5 Å². The van der Waals surface area contributed by atoms with Crippen molar-refractivity contribution < 1.29 is 23.2 Å². The van der Waals surface area contributed by atoms with E-state index in [1.807, 2.05) is 0 Å². The van der Waals surface area contributed by atoms with Crippen LogP contribution in [0.5, 0.6) is 5.75 Å². The number of aryl methyl sites for hydroxylation is 1. The van der Waals surface area contributed by atoms with Gasteiger partial charge in [0.15, 0.2) is 0 Å². The lowest BCUT2D eigenvalue weighted by molar-refractivity contribution is -0.384. The van der Waals surface area contributed by atoms with Crippen molar-refractivity contribution in [3.63, 3.8) is 0 Å². The SMILES string of the molecule is COc1cc([N+](=O)[O-])ccc1NC(=O)Cn1nc(C)cc1C(F)F. The Labute approximate surface area is 135 Å². The van der Waals surface area contributed by atoms with E-state index in [-0.39, 0.29) is 22.8 Å². The van der Waals surface area contributed by atoms with Gasteiger partial charge in [0, 0.05) is 6.07 Å². The highest BCUT2D eigenvalue weighted by molar-refractivity contribution is 5.92. The van der Waals surface area contributed by atoms with Crippen LogP contribution in [0.1, 0.15) is 17.8 Å². The molecule has 1 aromatic heterocycles. The van der Waals surface area contributed by atoms with Gasteiger partial charge in [0.25, 0.3) is 12.1 Å². The molecule has 1 aromatic carbocycles. The first-order chi connectivity index (χ1) is 11.3. The van der Waals surface area contributed by atoms with Gasteiger partial charge in [-0.15, -0.1) is 0 Å². The molecule has 0 saturated heterocycles. The lowest BCUT2D eigenvalue weighted by Crippen LogP contribution is -2.21. The van der Waals surface area contributed by atoms with E-state index in [0.717, 1.165) is 10.7 Å². The molecule has 128 valence electrons. The van der Waals surface area contributed by atoms with Gasteiger partial charge in [-0.3, -0.25) is 19.6 Å². The molecule has 0 aliphatic heterocycles. The Bertz CT molecular complexity index is 776. The zero-order valence-electron chi connectivity index (χ0n) is 12.8. The van der Waals surface area contributed by atoms with Crippen LogP contribution in [-0.4, -0.2) is 27.7 Å². The summed E-state index contributed by atoms with van der Waals surface area (Å²) < 4.78 is 31.7. The fourth-order valence-corrected chi connectivity index (χ4v) is 2.09. The zero-order chi connectivity index (χ0) is 17.9. The first kappa shape index (κ1) is 17.3. The number of amides is 1. The van der Waals surface area contributed by atoms with Gasteiger partial charge in [-0.2, -0.15) is 5.10 Å². The molecule has 24 heavy (non-hydrogen) atoms. The van der Waals surface area contributed by atoms with Crippen molar-refractivity contribution in [2.24, 2.45) is 0 Å². The largest absolute Gasteiger partial charge is 0.494 e. The van der Waals surface area contributed by atoms with Gasteiger partial charge in [-0.25, -0.2) is 8.78 Å². The minimum Gasteiger partial charge on any atom is -0.494 e. The van der Waals surface area contributed by atoms with E-state index in [4.69, 9.17) is 4.74 Å². The van der Waals surface area contributed by atoms with Crippen LogP contribution in [0.4, 0.5) is 20.2 Å². The van der Waals surface area contributed by atoms with Crippen molar-refractivity contribution in [1.82, 2.24) is 9.78 Å². The molecule has 0 fully saturated rings. The Morgan fingerprint density at radius 1 is 1.46 bits per heavy atom. The fourth-order valence-electron chi connectivity index (χ4n) is 2.09. The summed E-state index contributed by atoms with van der Waals surface area (Å²) in [4.78, 5) is 22.2. The lowest BCUT2D eigenvalue weighted by atomic mass is 10.2. The molecule has 8 nitrogen and oxygen atoms in total. The summed E-state index contributed by atoms with van der Waals surface area (Å²) in [5.41, 5.74) is -0.00700. The minimum absolute atomic E-state index is 0.0864. The van der Waals surface area contributed by atoms with Crippen LogP contribution in [0.2, 0.25) is 0 Å². The number of aromatic nitrogens is 2. The van der Waals surface area contributed by atoms with Crippen molar-refractivity contribution in [1.29, 1.82) is 0 Å². The van der Waals surface area contributed by atoms with E-state index in [0.29, 0.717) is 5.69 Å². The van der Waals surface area contributed by atoms with Crippen molar-refractivity contribution >= 4 is 17.3 Å². The van der Waals surface area contributed by atoms with Crippen molar-refractivity contribution in [3.8, 4) is 5.75 Å². The predicted molar refractivity (Wildman–Crippen MR) is 80.2 cm³/mol. The number of ether oxygens (including phenoxy) is 1. The van der Waals surface area contributed by atoms with Crippen LogP contribution in [0.25, 0.3) is 0 Å². The Kier molecular flexibility index (Phi) is 5.07. The number of methoxy groups -OCH3 is 1. The number of rotatable bonds is 6. The van der Waals surface area contributed by atoms with Crippen molar-refractivity contribution in [3.05, 3.63) is 45.8 Å². The number of carbonyl (C=O) groups is 1. The minimum atomic E-state index is -2.76. The summed E-state index contributed by atoms with van der Waals surface area (Å²) in [6, 6.07) is 4.85. The molecule has 2 aromatic rings. The molecular formula is C14H14F2N4O4. The number of benzene rings is 1. The molecular weight excluding hydrogens is 326 g/mol. The van der Waals surface area contributed by atoms with Crippen molar-refractivity contribution in [2.75, 3.05) is 12.4 Å². The maximum Gasteiger partial charge on any atom is 0.280 e. The standard InChI is InChI=1S/C14H14F2N4O4/c1-8-5-11(14(15)16)19(18-8)7-13(21)17-10-4-3-9(20(22)23)6-12(10)24-2/h3-6,14H,7H2,1-2H3,(H,17,21). The summed E-state index contributed by atoms with van der Waals surface area (Å²) in [7, 11) is 1.29. The fraction of sp³-hybridized carbons (Fsp3) is 0.286. The molecule has 0 spiro atoms. The summed E-state index contributed by atoms with van der Waals surface area (Å²) in [6.45, 7) is 1.12. The third-order valence-corrected chi connectivity index (χ3v) is 3.12. The first-order valence-electron chi connectivity index (χ1n) is 6.76. The molecule has 1 amide bonds. The number of hydrogen-bond acceptors (Lipinski definition) is 5. The number of nitro groups is 1. The van der Waals surface area contributed by atoms with Crippen LogP contribution >= 0.6 is 0 Å². The summed E-state index contributed by atoms with van der Waals surface area (Å²) in [6.07, 6.45) is -2.76. The summed E-state index contributed by atoms with van der Waals surface area (Å²) >= 11 is 0. The average Bonchev–Trinajstić information content (AvgIpc) is 2.88. The third-order valence-electron chi connectivity index (χ3n) is 3.12. The topological polar surface area (TPSA) is 99.3 Å². The van der Waals surface area contributed by atoms with E-state index in [1.165, 1.54) is 25.3 Å². The number of alkyl halides is 2. The molecule has 1 N–H and O–H groups in total. The second kappa shape index (κ2) is 7.02. The smallest absolute Gasteiger partial charge is 0.280 e. The van der Waals surface area contributed by atoms with E-state index >= 15 is 0 Å². The molecule has 1 heterocycles. The van der Waals surface area contributed by atoms with E-state index < -0.39 is 23.8 Å². The predicted octanol–water partition coefficient (Wildman–Crippen LogP) is 2.68. The molecule has 10 heteroatoms. The molecule has 0 unspecified atom stereocenters. The number of nitrogens with one attached hydrogen (secondary N) is 1. The van der Waals surface area contributed by atoms with Gasteiger partial charge in [0.1, 0.15) is 18.0 Å². The van der Waals surface area contributed by atoms with E-state index in [1.54, 1.807) is 6.92 Å². The molecule has 0 bridgehead atoms. The van der Waals surface area contributed by atoms with Gasteiger partial charge >= 0.3 is 0 Å². The van der Waals surface area contributed by atoms with Crippen LogP contribution in [0.15, 0.2) is 24.3 Å². The maximum atomic E-state index is 12.9. The summed E-state index contributed by atoms with van der Waals surface area (Å²) in [5.74, 6) is -0.532. The highest BCUT2D eigenvalue weighted by Crippen LogP contribution is 2.29. The monoisotopic (exact) mass is 340 g/mol. The number of halogens is 2. The third kappa shape index (κ3) is 3.83. The molecule has 0 radical (unpaired) electrons. The average molecular weight is 340 g/mol. The number of carbonyl (C=O) groups excluding carboxylic acids is 1. The molecule has 0 aliphatic rings. The van der Waals surface area contributed by atoms with E-state index in [9.17, 15) is 23.7 Å². The Balaban J connectivity index is 2.17. The summed E-state index contributed by atoms with van der Waals surface area (Å²) in [5, 5.41) is 17.0. The van der Waals surface area contributed by atoms with Crippen molar-refractivity contribution in [2.45, 2.75) is 19.9 Å². The van der Waals surface area contributed by atoms with E-state index in [2.05, 4.69) is 10.4 Å². The number of nitrogens with zero attached hydrogens (tertiary/aromatic N) is 3. The van der Waals surface area contributed by atoms with Crippen LogP contribution in [-0.2, 0) is 11.3 Å². The highest BCUT2D eigenvalue weighted by Gasteiger charge is 2.18. The second-order valence-electron chi connectivity index (χ2n) is 4.86. The molecule has 0 atom stereocenters. The van der Waals surface area contributed by atoms with Crippen LogP contribution in [0, 0.1) is 17.0 Å². The number of nitro benzene ring substituents is 1. The van der Waals surface area contributed by atoms with Gasteiger partial charge < -0.3 is 10.1 Å². The highest BCUT2D eigenvalue weighted by atomic mass is 19.3. The Morgan fingerprint density at radius 3 is 2.75 bits per heavy atom. The van der Waals surface area contributed by atoms with Crippen LogP contribution in [0.3, 0.4) is 0 Å². The van der Waals surface area contributed by atoms with Crippen LogP contribution < -0.4 is 10.1 Å². The molecule has 0 aliphatic carbocycles. The maximum absolute atomic E-state index is 12.9. The van der Waals surface area contributed by atoms with Gasteiger partial charge in [0.2, 0.25) is 5.91 Å². The lowest BCUT2D eigenvalue weighted by Gasteiger charge is -2.11. The Hall–Kier alpha value is -3.04. The number of non-ortho nitro benzene ring substituents is 1.